The van der Waals surface area contributed by atoms with Crippen LogP contribution < -0.4 is 9.47 Å². The van der Waals surface area contributed by atoms with Crippen molar-refractivity contribution < 1.29 is 23.8 Å². The average molecular weight is 333 g/mol. The Kier molecular flexibility index (Phi) is 6.23. The van der Waals surface area contributed by atoms with E-state index in [9.17, 15) is 9.59 Å². The summed E-state index contributed by atoms with van der Waals surface area (Å²) in [5, 5.41) is 0. The number of esters is 1. The Hall–Kier alpha value is -2.50. The van der Waals surface area contributed by atoms with E-state index < -0.39 is 0 Å². The predicted octanol–water partition coefficient (Wildman–Crippen LogP) is 2.66. The summed E-state index contributed by atoms with van der Waals surface area (Å²) >= 11 is 0. The molecule has 0 spiro atoms. The molecular formula is C18H23NO5. The van der Waals surface area contributed by atoms with Crippen molar-refractivity contribution in [2.45, 2.75) is 33.7 Å². The molecule has 2 rings (SSSR count). The second-order valence-corrected chi connectivity index (χ2v) is 5.72. The van der Waals surface area contributed by atoms with Gasteiger partial charge in [0.2, 0.25) is 12.7 Å². The molecular weight excluding hydrogens is 310 g/mol. The summed E-state index contributed by atoms with van der Waals surface area (Å²) in [6.45, 7) is 6.72. The van der Waals surface area contributed by atoms with Crippen LogP contribution in [0.2, 0.25) is 0 Å². The van der Waals surface area contributed by atoms with Gasteiger partial charge in [0.1, 0.15) is 0 Å². The highest BCUT2D eigenvalue weighted by atomic mass is 16.7. The van der Waals surface area contributed by atoms with Gasteiger partial charge in [-0.1, -0.05) is 11.6 Å². The van der Waals surface area contributed by atoms with E-state index in [1.807, 2.05) is 32.0 Å². The summed E-state index contributed by atoms with van der Waals surface area (Å²) < 4.78 is 15.6. The van der Waals surface area contributed by atoms with Crippen molar-refractivity contribution in [1.82, 2.24) is 4.90 Å². The zero-order valence-corrected chi connectivity index (χ0v) is 14.3. The number of rotatable bonds is 7. The number of allylic oxidation sites excluding steroid dienone is 1. The molecule has 1 aromatic rings. The van der Waals surface area contributed by atoms with E-state index in [1.54, 1.807) is 17.9 Å². The Morgan fingerprint density at radius 1 is 1.25 bits per heavy atom. The average Bonchev–Trinajstić information content (AvgIpc) is 2.98. The van der Waals surface area contributed by atoms with Gasteiger partial charge in [0.15, 0.2) is 11.5 Å². The number of amides is 1. The van der Waals surface area contributed by atoms with Crippen molar-refractivity contribution in [3.05, 3.63) is 35.4 Å². The second-order valence-electron chi connectivity index (χ2n) is 5.72. The minimum Gasteiger partial charge on any atom is -0.466 e. The SMILES string of the molecule is CCOC(=O)CCN(Cc1ccc2c(c1)OCO2)C(=O)C=C(C)C. The van der Waals surface area contributed by atoms with Gasteiger partial charge in [0.05, 0.1) is 13.0 Å². The predicted molar refractivity (Wildman–Crippen MR) is 88.7 cm³/mol. The fourth-order valence-electron chi connectivity index (χ4n) is 2.32. The summed E-state index contributed by atoms with van der Waals surface area (Å²) in [6.07, 6.45) is 1.73. The van der Waals surface area contributed by atoms with Gasteiger partial charge in [0, 0.05) is 19.2 Å². The highest BCUT2D eigenvalue weighted by molar-refractivity contribution is 5.88. The Labute approximate surface area is 142 Å². The normalized spacial score (nSPS) is 11.8. The van der Waals surface area contributed by atoms with Crippen molar-refractivity contribution in [3.63, 3.8) is 0 Å². The number of carbonyl (C=O) groups is 2. The van der Waals surface area contributed by atoms with Gasteiger partial charge in [-0.15, -0.1) is 0 Å². The Balaban J connectivity index is 2.08. The molecule has 0 saturated carbocycles. The molecule has 0 aromatic heterocycles. The van der Waals surface area contributed by atoms with E-state index in [2.05, 4.69) is 0 Å². The summed E-state index contributed by atoms with van der Waals surface area (Å²) in [5.74, 6) is 0.940. The molecule has 1 aromatic carbocycles. The summed E-state index contributed by atoms with van der Waals surface area (Å²) in [7, 11) is 0. The Morgan fingerprint density at radius 2 is 2.00 bits per heavy atom. The molecule has 6 nitrogen and oxygen atoms in total. The minimum absolute atomic E-state index is 0.128. The van der Waals surface area contributed by atoms with Gasteiger partial charge < -0.3 is 19.1 Å². The lowest BCUT2D eigenvalue weighted by Gasteiger charge is -2.21. The van der Waals surface area contributed by atoms with E-state index in [1.165, 1.54) is 0 Å². The van der Waals surface area contributed by atoms with Crippen LogP contribution >= 0.6 is 0 Å². The Bertz CT molecular complexity index is 634. The van der Waals surface area contributed by atoms with Crippen molar-refractivity contribution in [2.75, 3.05) is 19.9 Å². The molecule has 130 valence electrons. The fourth-order valence-corrected chi connectivity index (χ4v) is 2.32. The molecule has 1 heterocycles. The van der Waals surface area contributed by atoms with Gasteiger partial charge in [-0.3, -0.25) is 9.59 Å². The van der Waals surface area contributed by atoms with Gasteiger partial charge in [-0.25, -0.2) is 0 Å². The first-order valence-electron chi connectivity index (χ1n) is 7.97. The third kappa shape index (κ3) is 5.01. The molecule has 0 bridgehead atoms. The van der Waals surface area contributed by atoms with Crippen molar-refractivity contribution in [1.29, 1.82) is 0 Å². The maximum atomic E-state index is 12.4. The molecule has 0 saturated heterocycles. The maximum Gasteiger partial charge on any atom is 0.307 e. The topological polar surface area (TPSA) is 65.1 Å². The van der Waals surface area contributed by atoms with Gasteiger partial charge in [0.25, 0.3) is 0 Å². The molecule has 0 N–H and O–H groups in total. The van der Waals surface area contributed by atoms with E-state index in [-0.39, 0.29) is 25.1 Å². The van der Waals surface area contributed by atoms with E-state index in [0.29, 0.717) is 31.2 Å². The van der Waals surface area contributed by atoms with Crippen molar-refractivity contribution in [2.24, 2.45) is 0 Å². The number of carbonyl (C=O) groups excluding carboxylic acids is 2. The summed E-state index contributed by atoms with van der Waals surface area (Å²) in [5.41, 5.74) is 1.82. The lowest BCUT2D eigenvalue weighted by Crippen LogP contribution is -2.31. The highest BCUT2D eigenvalue weighted by Gasteiger charge is 2.17. The first kappa shape index (κ1) is 17.8. The third-order valence-electron chi connectivity index (χ3n) is 3.43. The zero-order valence-electron chi connectivity index (χ0n) is 14.3. The number of hydrogen-bond acceptors (Lipinski definition) is 5. The molecule has 1 amide bonds. The van der Waals surface area contributed by atoms with E-state index in [4.69, 9.17) is 14.2 Å². The van der Waals surface area contributed by atoms with E-state index in [0.717, 1.165) is 11.1 Å². The number of ether oxygens (including phenoxy) is 3. The fraction of sp³-hybridized carbons (Fsp3) is 0.444. The van der Waals surface area contributed by atoms with Gasteiger partial charge >= 0.3 is 5.97 Å². The number of hydrogen-bond donors (Lipinski definition) is 0. The van der Waals surface area contributed by atoms with Crippen LogP contribution in [0.4, 0.5) is 0 Å². The minimum atomic E-state index is -0.307. The molecule has 0 aliphatic carbocycles. The van der Waals surface area contributed by atoms with Crippen LogP contribution in [-0.2, 0) is 20.9 Å². The maximum absolute atomic E-state index is 12.4. The summed E-state index contributed by atoms with van der Waals surface area (Å²) in [6, 6.07) is 5.57. The quantitative estimate of drug-likeness (QED) is 0.567. The van der Waals surface area contributed by atoms with Gasteiger partial charge in [-0.2, -0.15) is 0 Å². The lowest BCUT2D eigenvalue weighted by atomic mass is 10.1. The standard InChI is InChI=1S/C18H23NO5/c1-4-22-18(21)7-8-19(17(20)9-13(2)3)11-14-5-6-15-16(10-14)24-12-23-15/h5-6,9-10H,4,7-8,11-12H2,1-3H3. The Morgan fingerprint density at radius 3 is 2.71 bits per heavy atom. The number of nitrogens with zero attached hydrogens (tertiary/aromatic N) is 1. The molecule has 6 heteroatoms. The van der Waals surface area contributed by atoms with Crippen LogP contribution in [0.5, 0.6) is 11.5 Å². The molecule has 24 heavy (non-hydrogen) atoms. The van der Waals surface area contributed by atoms with Crippen molar-refractivity contribution >= 4 is 11.9 Å². The van der Waals surface area contributed by atoms with Crippen LogP contribution in [0, 0.1) is 0 Å². The van der Waals surface area contributed by atoms with E-state index >= 15 is 0 Å². The number of fused-ring (bicyclic) bond motifs is 1. The van der Waals surface area contributed by atoms with Crippen molar-refractivity contribution in [3.8, 4) is 11.5 Å². The van der Waals surface area contributed by atoms with Crippen LogP contribution in [0.25, 0.3) is 0 Å². The first-order valence-corrected chi connectivity index (χ1v) is 7.97. The van der Waals surface area contributed by atoms with Crippen LogP contribution in [0.15, 0.2) is 29.8 Å². The third-order valence-corrected chi connectivity index (χ3v) is 3.43. The number of benzene rings is 1. The van der Waals surface area contributed by atoms with Crippen LogP contribution in [-0.4, -0.2) is 36.7 Å². The highest BCUT2D eigenvalue weighted by Crippen LogP contribution is 2.32. The lowest BCUT2D eigenvalue weighted by molar-refractivity contribution is -0.143. The first-order chi connectivity index (χ1) is 11.5. The monoisotopic (exact) mass is 333 g/mol. The molecule has 0 atom stereocenters. The van der Waals surface area contributed by atoms with Crippen LogP contribution in [0.1, 0.15) is 32.8 Å². The second kappa shape index (κ2) is 8.38. The van der Waals surface area contributed by atoms with Crippen LogP contribution in [0.3, 0.4) is 0 Å². The molecule has 1 aliphatic heterocycles. The van der Waals surface area contributed by atoms with Gasteiger partial charge in [-0.05, 0) is 38.5 Å². The smallest absolute Gasteiger partial charge is 0.307 e. The largest absolute Gasteiger partial charge is 0.466 e. The molecule has 1 aliphatic rings. The zero-order chi connectivity index (χ0) is 17.5. The summed E-state index contributed by atoms with van der Waals surface area (Å²) in [4.78, 5) is 25.6. The molecule has 0 radical (unpaired) electrons. The molecule has 0 unspecified atom stereocenters. The molecule has 0 fully saturated rings.